The van der Waals surface area contributed by atoms with E-state index < -0.39 is 36.4 Å². The van der Waals surface area contributed by atoms with Gasteiger partial charge in [-0.2, -0.15) is 12.6 Å². The van der Waals surface area contributed by atoms with Gasteiger partial charge in [0.15, 0.2) is 0 Å². The number of hydrogen-bond acceptors (Lipinski definition) is 5. The van der Waals surface area contributed by atoms with Crippen molar-refractivity contribution in [1.29, 1.82) is 0 Å². The smallest absolute Gasteiger partial charge is 0.322 e. The lowest BCUT2D eigenvalue weighted by Crippen LogP contribution is -2.51. The van der Waals surface area contributed by atoms with Crippen LogP contribution in [-0.4, -0.2) is 47.3 Å². The SMILES string of the molecule is C[C@H](NC(=O)[C@@H](N)CS)C(=O)NCC(=O)O. The molecule has 2 amide bonds. The van der Waals surface area contributed by atoms with Crippen LogP contribution in [0.2, 0.25) is 0 Å². The second kappa shape index (κ2) is 7.07. The van der Waals surface area contributed by atoms with E-state index in [2.05, 4.69) is 23.3 Å². The van der Waals surface area contributed by atoms with E-state index >= 15 is 0 Å². The van der Waals surface area contributed by atoms with Crippen molar-refractivity contribution in [2.45, 2.75) is 19.0 Å². The molecule has 0 rings (SSSR count). The number of carbonyl (C=O) groups is 3. The fraction of sp³-hybridized carbons (Fsp3) is 0.625. The van der Waals surface area contributed by atoms with E-state index in [0.717, 1.165) is 0 Å². The van der Waals surface area contributed by atoms with E-state index in [0.29, 0.717) is 0 Å². The summed E-state index contributed by atoms with van der Waals surface area (Å²) < 4.78 is 0. The monoisotopic (exact) mass is 249 g/mol. The highest BCUT2D eigenvalue weighted by atomic mass is 32.1. The van der Waals surface area contributed by atoms with Gasteiger partial charge >= 0.3 is 5.97 Å². The number of rotatable bonds is 6. The second-order valence-corrected chi connectivity index (χ2v) is 3.50. The van der Waals surface area contributed by atoms with E-state index in [9.17, 15) is 14.4 Å². The Morgan fingerprint density at radius 1 is 1.38 bits per heavy atom. The molecule has 0 aliphatic heterocycles. The van der Waals surface area contributed by atoms with Gasteiger partial charge in [0.1, 0.15) is 12.6 Å². The van der Waals surface area contributed by atoms with E-state index in [-0.39, 0.29) is 5.75 Å². The molecular weight excluding hydrogens is 234 g/mol. The highest BCUT2D eigenvalue weighted by molar-refractivity contribution is 7.80. The number of aliphatic carboxylic acids is 1. The summed E-state index contributed by atoms with van der Waals surface area (Å²) >= 11 is 3.83. The van der Waals surface area contributed by atoms with Gasteiger partial charge in [0.2, 0.25) is 11.8 Å². The van der Waals surface area contributed by atoms with Gasteiger partial charge in [-0.1, -0.05) is 0 Å². The zero-order chi connectivity index (χ0) is 12.7. The predicted octanol–water partition coefficient (Wildman–Crippen LogP) is -2.05. The molecule has 92 valence electrons. The topological polar surface area (TPSA) is 122 Å². The molecule has 0 saturated heterocycles. The number of hydrogen-bond donors (Lipinski definition) is 5. The Labute approximate surface area is 98.2 Å². The van der Waals surface area contributed by atoms with Crippen LogP contribution >= 0.6 is 12.6 Å². The van der Waals surface area contributed by atoms with Crippen LogP contribution < -0.4 is 16.4 Å². The van der Waals surface area contributed by atoms with Crippen molar-refractivity contribution in [2.24, 2.45) is 5.73 Å². The van der Waals surface area contributed by atoms with Crippen molar-refractivity contribution in [3.05, 3.63) is 0 Å². The minimum Gasteiger partial charge on any atom is -0.480 e. The maximum absolute atomic E-state index is 11.2. The minimum atomic E-state index is -1.15. The molecule has 0 aliphatic carbocycles. The minimum absolute atomic E-state index is 0.162. The molecule has 0 aromatic carbocycles. The standard InChI is InChI=1S/C8H15N3O4S/c1-4(7(14)10-2-6(12)13)11-8(15)5(9)3-16/h4-5,16H,2-3,9H2,1H3,(H,10,14)(H,11,15)(H,12,13)/t4-,5-/m0/s1. The van der Waals surface area contributed by atoms with Crippen molar-refractivity contribution in [3.63, 3.8) is 0 Å². The van der Waals surface area contributed by atoms with Crippen molar-refractivity contribution in [2.75, 3.05) is 12.3 Å². The highest BCUT2D eigenvalue weighted by Gasteiger charge is 2.19. The Hall–Kier alpha value is -1.28. The van der Waals surface area contributed by atoms with Crippen molar-refractivity contribution >= 4 is 30.4 Å². The van der Waals surface area contributed by atoms with Crippen LogP contribution in [0.4, 0.5) is 0 Å². The summed E-state index contributed by atoms with van der Waals surface area (Å²) in [4.78, 5) is 32.7. The molecule has 0 spiro atoms. The number of thiol groups is 1. The van der Waals surface area contributed by atoms with E-state index in [1.54, 1.807) is 0 Å². The van der Waals surface area contributed by atoms with Crippen molar-refractivity contribution < 1.29 is 19.5 Å². The van der Waals surface area contributed by atoms with Gasteiger partial charge in [0.05, 0.1) is 6.04 Å². The quantitative estimate of drug-likeness (QED) is 0.347. The number of carbonyl (C=O) groups excluding carboxylic acids is 2. The Balaban J connectivity index is 4.05. The van der Waals surface area contributed by atoms with Crippen LogP contribution in [0.3, 0.4) is 0 Å². The van der Waals surface area contributed by atoms with Crippen LogP contribution in [0.15, 0.2) is 0 Å². The van der Waals surface area contributed by atoms with Gasteiger partial charge in [0.25, 0.3) is 0 Å². The number of amides is 2. The molecule has 0 aromatic rings. The summed E-state index contributed by atoms with van der Waals surface area (Å²) in [7, 11) is 0. The Morgan fingerprint density at radius 3 is 2.38 bits per heavy atom. The van der Waals surface area contributed by atoms with Gasteiger partial charge < -0.3 is 21.5 Å². The van der Waals surface area contributed by atoms with Gasteiger partial charge in [0, 0.05) is 5.75 Å². The van der Waals surface area contributed by atoms with E-state index in [1.807, 2.05) is 0 Å². The number of carboxylic acid groups (broad SMARTS) is 1. The molecule has 0 heterocycles. The molecule has 0 unspecified atom stereocenters. The Kier molecular flexibility index (Phi) is 6.50. The highest BCUT2D eigenvalue weighted by Crippen LogP contribution is 1.87. The van der Waals surface area contributed by atoms with E-state index in [4.69, 9.17) is 10.8 Å². The fourth-order valence-electron chi connectivity index (χ4n) is 0.785. The van der Waals surface area contributed by atoms with Crippen LogP contribution in [0.5, 0.6) is 0 Å². The molecule has 0 radical (unpaired) electrons. The van der Waals surface area contributed by atoms with Crippen molar-refractivity contribution in [3.8, 4) is 0 Å². The maximum atomic E-state index is 11.2. The molecule has 0 bridgehead atoms. The van der Waals surface area contributed by atoms with Crippen molar-refractivity contribution in [1.82, 2.24) is 10.6 Å². The number of nitrogens with one attached hydrogen (secondary N) is 2. The summed E-state index contributed by atoms with van der Waals surface area (Å²) in [5, 5.41) is 12.8. The molecule has 5 N–H and O–H groups in total. The van der Waals surface area contributed by atoms with Gasteiger partial charge in [-0.3, -0.25) is 14.4 Å². The predicted molar refractivity (Wildman–Crippen MR) is 60.1 cm³/mol. The largest absolute Gasteiger partial charge is 0.480 e. The first-order chi connectivity index (χ1) is 7.38. The number of carboxylic acids is 1. The first-order valence-electron chi connectivity index (χ1n) is 4.54. The maximum Gasteiger partial charge on any atom is 0.322 e. The van der Waals surface area contributed by atoms with Crippen LogP contribution in [0, 0.1) is 0 Å². The summed E-state index contributed by atoms with van der Waals surface area (Å²) in [5.41, 5.74) is 5.37. The summed E-state index contributed by atoms with van der Waals surface area (Å²) in [6, 6.07) is -1.63. The lowest BCUT2D eigenvalue weighted by Gasteiger charge is -2.15. The third-order valence-corrected chi connectivity index (χ3v) is 2.09. The lowest BCUT2D eigenvalue weighted by molar-refractivity contribution is -0.138. The Morgan fingerprint density at radius 2 is 1.94 bits per heavy atom. The van der Waals surface area contributed by atoms with Crippen LogP contribution in [0.25, 0.3) is 0 Å². The molecular formula is C8H15N3O4S. The molecule has 8 heteroatoms. The molecule has 7 nitrogen and oxygen atoms in total. The van der Waals surface area contributed by atoms with Gasteiger partial charge in [-0.25, -0.2) is 0 Å². The zero-order valence-electron chi connectivity index (χ0n) is 8.77. The van der Waals surface area contributed by atoms with Crippen LogP contribution in [0.1, 0.15) is 6.92 Å². The Bertz CT molecular complexity index is 284. The number of nitrogens with two attached hydrogens (primary N) is 1. The summed E-state index contributed by atoms with van der Waals surface area (Å²) in [6.07, 6.45) is 0. The summed E-state index contributed by atoms with van der Waals surface area (Å²) in [5.74, 6) is -2.08. The van der Waals surface area contributed by atoms with E-state index in [1.165, 1.54) is 6.92 Å². The molecule has 16 heavy (non-hydrogen) atoms. The third-order valence-electron chi connectivity index (χ3n) is 1.70. The molecule has 0 aromatic heterocycles. The normalized spacial score (nSPS) is 13.7. The lowest BCUT2D eigenvalue weighted by atomic mass is 10.2. The second-order valence-electron chi connectivity index (χ2n) is 3.13. The summed E-state index contributed by atoms with van der Waals surface area (Å²) in [6.45, 7) is 0.942. The first-order valence-corrected chi connectivity index (χ1v) is 5.18. The molecule has 0 saturated carbocycles. The molecule has 0 aliphatic rings. The average Bonchev–Trinajstić information content (AvgIpc) is 2.24. The zero-order valence-corrected chi connectivity index (χ0v) is 9.66. The van der Waals surface area contributed by atoms with Gasteiger partial charge in [-0.15, -0.1) is 0 Å². The first kappa shape index (κ1) is 14.7. The van der Waals surface area contributed by atoms with Gasteiger partial charge in [-0.05, 0) is 6.92 Å². The molecule has 0 fully saturated rings. The van der Waals surface area contributed by atoms with Crippen LogP contribution in [-0.2, 0) is 14.4 Å². The molecule has 2 atom stereocenters. The fourth-order valence-corrected chi connectivity index (χ4v) is 0.951. The third kappa shape index (κ3) is 5.56. The average molecular weight is 249 g/mol.